The molecule has 0 spiro atoms. The van der Waals surface area contributed by atoms with Gasteiger partial charge in [0.15, 0.2) is 6.61 Å². The van der Waals surface area contributed by atoms with Crippen molar-refractivity contribution in [2.75, 3.05) is 32.8 Å². The van der Waals surface area contributed by atoms with E-state index in [9.17, 15) is 28.8 Å². The molecule has 0 aromatic heterocycles. The molecule has 2 fully saturated rings. The molecule has 1 unspecified atom stereocenters. The lowest BCUT2D eigenvalue weighted by molar-refractivity contribution is -0.136. The number of carbonyl (C=O) groups is 6. The first kappa shape index (κ1) is 25.1. The number of benzene rings is 1. The van der Waals surface area contributed by atoms with Crippen molar-refractivity contribution in [2.45, 2.75) is 45.3 Å². The van der Waals surface area contributed by atoms with Gasteiger partial charge < -0.3 is 19.3 Å². The number of hydrogen-bond donors (Lipinski definition) is 1. The SMILES string of the molecule is CC(C)(C)OC(=O)N1CCN(C(=O)COc2cccc3c2C(=O)N(C2CCC(=O)NC2=O)C3=O)CC1. The highest BCUT2D eigenvalue weighted by Gasteiger charge is 2.46. The molecule has 3 heterocycles. The van der Waals surface area contributed by atoms with Gasteiger partial charge in [-0.2, -0.15) is 0 Å². The molecule has 0 bridgehead atoms. The fraction of sp³-hybridized carbons (Fsp3) is 0.500. The summed E-state index contributed by atoms with van der Waals surface area (Å²) < 4.78 is 11.0. The van der Waals surface area contributed by atoms with Crippen LogP contribution < -0.4 is 10.1 Å². The average Bonchev–Trinajstić information content (AvgIpc) is 3.07. The number of piperazine rings is 1. The Bertz CT molecular complexity index is 1130. The molecule has 6 amide bonds. The molecule has 12 heteroatoms. The number of amides is 6. The zero-order chi connectivity index (χ0) is 26.2. The number of rotatable bonds is 4. The van der Waals surface area contributed by atoms with Gasteiger partial charge in [-0.1, -0.05) is 6.07 Å². The lowest BCUT2D eigenvalue weighted by atomic mass is 10.0. The van der Waals surface area contributed by atoms with Crippen LogP contribution in [0.2, 0.25) is 0 Å². The van der Waals surface area contributed by atoms with Crippen molar-refractivity contribution >= 4 is 35.6 Å². The molecule has 0 saturated carbocycles. The van der Waals surface area contributed by atoms with Gasteiger partial charge in [-0.05, 0) is 39.3 Å². The van der Waals surface area contributed by atoms with Crippen LogP contribution in [0, 0.1) is 0 Å². The fourth-order valence-corrected chi connectivity index (χ4v) is 4.30. The zero-order valence-electron chi connectivity index (χ0n) is 20.4. The van der Waals surface area contributed by atoms with Crippen molar-refractivity contribution in [3.63, 3.8) is 0 Å². The number of nitrogens with one attached hydrogen (secondary N) is 1. The normalized spacial score (nSPS) is 20.3. The summed E-state index contributed by atoms with van der Waals surface area (Å²) in [5.74, 6) is -2.80. The maximum Gasteiger partial charge on any atom is 0.410 e. The Hall–Kier alpha value is -3.96. The second kappa shape index (κ2) is 9.59. The Morgan fingerprint density at radius 2 is 1.67 bits per heavy atom. The Kier molecular flexibility index (Phi) is 6.70. The van der Waals surface area contributed by atoms with Crippen molar-refractivity contribution in [3.8, 4) is 5.75 Å². The van der Waals surface area contributed by atoms with Crippen LogP contribution >= 0.6 is 0 Å². The van der Waals surface area contributed by atoms with Crippen molar-refractivity contribution in [1.29, 1.82) is 0 Å². The highest BCUT2D eigenvalue weighted by Crippen LogP contribution is 2.33. The minimum Gasteiger partial charge on any atom is -0.483 e. The molecule has 3 aliphatic heterocycles. The predicted octanol–water partition coefficient (Wildman–Crippen LogP) is 0.546. The van der Waals surface area contributed by atoms with E-state index in [-0.39, 0.29) is 42.2 Å². The van der Waals surface area contributed by atoms with Crippen molar-refractivity contribution in [3.05, 3.63) is 29.3 Å². The molecular weight excluding hydrogens is 472 g/mol. The van der Waals surface area contributed by atoms with Gasteiger partial charge >= 0.3 is 6.09 Å². The maximum atomic E-state index is 13.1. The lowest BCUT2D eigenvalue weighted by Crippen LogP contribution is -2.54. The van der Waals surface area contributed by atoms with Crippen molar-refractivity contribution in [1.82, 2.24) is 20.0 Å². The van der Waals surface area contributed by atoms with Crippen molar-refractivity contribution < 1.29 is 38.2 Å². The number of ether oxygens (including phenoxy) is 2. The van der Waals surface area contributed by atoms with Gasteiger partial charge in [-0.3, -0.25) is 34.2 Å². The standard InChI is InChI=1S/C24H28N4O8/c1-24(2,3)36-23(34)27-11-9-26(10-12-27)18(30)13-35-16-6-4-5-14-19(16)22(33)28(21(14)32)15-7-8-17(29)25-20(15)31/h4-6,15H,7-13H2,1-3H3,(H,25,29,31). The number of carbonyl (C=O) groups excluding carboxylic acids is 6. The van der Waals surface area contributed by atoms with E-state index < -0.39 is 41.4 Å². The first-order chi connectivity index (χ1) is 17.0. The monoisotopic (exact) mass is 500 g/mol. The summed E-state index contributed by atoms with van der Waals surface area (Å²) in [6.45, 7) is 6.21. The highest BCUT2D eigenvalue weighted by molar-refractivity contribution is 6.24. The number of nitrogens with zero attached hydrogens (tertiary/aromatic N) is 3. The topological polar surface area (TPSA) is 143 Å². The maximum absolute atomic E-state index is 13.1. The van der Waals surface area contributed by atoms with Crippen LogP contribution in [0.4, 0.5) is 4.79 Å². The van der Waals surface area contributed by atoms with E-state index in [1.165, 1.54) is 23.1 Å². The van der Waals surface area contributed by atoms with Gasteiger partial charge in [-0.25, -0.2) is 4.79 Å². The minimum absolute atomic E-state index is 0.0167. The molecule has 36 heavy (non-hydrogen) atoms. The average molecular weight is 501 g/mol. The molecule has 4 rings (SSSR count). The molecule has 3 aliphatic rings. The summed E-state index contributed by atoms with van der Waals surface area (Å²) >= 11 is 0. The summed E-state index contributed by atoms with van der Waals surface area (Å²) in [5.41, 5.74) is -0.559. The minimum atomic E-state index is -1.09. The van der Waals surface area contributed by atoms with E-state index in [1.807, 2.05) is 0 Å². The highest BCUT2D eigenvalue weighted by atomic mass is 16.6. The van der Waals surface area contributed by atoms with Crippen LogP contribution in [0.5, 0.6) is 5.75 Å². The van der Waals surface area contributed by atoms with Gasteiger partial charge in [0, 0.05) is 32.6 Å². The number of hydrogen-bond acceptors (Lipinski definition) is 8. The van der Waals surface area contributed by atoms with Crippen LogP contribution in [-0.4, -0.2) is 94.8 Å². The molecule has 1 N–H and O–H groups in total. The van der Waals surface area contributed by atoms with E-state index in [0.717, 1.165) is 4.90 Å². The zero-order valence-corrected chi connectivity index (χ0v) is 20.4. The quantitative estimate of drug-likeness (QED) is 0.591. The molecule has 0 aliphatic carbocycles. The predicted molar refractivity (Wildman–Crippen MR) is 123 cm³/mol. The molecule has 2 saturated heterocycles. The number of fused-ring (bicyclic) bond motifs is 1. The third-order valence-corrected chi connectivity index (χ3v) is 6.07. The smallest absolute Gasteiger partial charge is 0.410 e. The molecule has 1 aromatic carbocycles. The van der Waals surface area contributed by atoms with Gasteiger partial charge in [0.25, 0.3) is 17.7 Å². The van der Waals surface area contributed by atoms with Gasteiger partial charge in [-0.15, -0.1) is 0 Å². The number of imide groups is 2. The van der Waals surface area contributed by atoms with Gasteiger partial charge in [0.2, 0.25) is 11.8 Å². The largest absolute Gasteiger partial charge is 0.483 e. The summed E-state index contributed by atoms with van der Waals surface area (Å²) in [6, 6.07) is 3.36. The summed E-state index contributed by atoms with van der Waals surface area (Å²) in [4.78, 5) is 78.6. The van der Waals surface area contributed by atoms with E-state index in [2.05, 4.69) is 5.32 Å². The first-order valence-electron chi connectivity index (χ1n) is 11.7. The Morgan fingerprint density at radius 3 is 2.31 bits per heavy atom. The molecule has 192 valence electrons. The second-order valence-electron chi connectivity index (χ2n) is 9.76. The van der Waals surface area contributed by atoms with E-state index in [1.54, 1.807) is 25.7 Å². The molecule has 0 radical (unpaired) electrons. The van der Waals surface area contributed by atoms with Crippen LogP contribution in [0.25, 0.3) is 0 Å². The summed E-state index contributed by atoms with van der Waals surface area (Å²) in [5, 5.41) is 2.15. The molecular formula is C24H28N4O8. The van der Waals surface area contributed by atoms with Gasteiger partial charge in [0.05, 0.1) is 11.1 Å². The van der Waals surface area contributed by atoms with Crippen molar-refractivity contribution in [2.24, 2.45) is 0 Å². The lowest BCUT2D eigenvalue weighted by Gasteiger charge is -2.35. The third-order valence-electron chi connectivity index (χ3n) is 6.07. The Balaban J connectivity index is 1.38. The molecule has 12 nitrogen and oxygen atoms in total. The number of piperidine rings is 1. The summed E-state index contributed by atoms with van der Waals surface area (Å²) in [6.07, 6.45) is -0.377. The molecule has 1 aromatic rings. The van der Waals surface area contributed by atoms with Crippen LogP contribution in [0.15, 0.2) is 18.2 Å². The van der Waals surface area contributed by atoms with Crippen LogP contribution in [-0.2, 0) is 19.1 Å². The Morgan fingerprint density at radius 1 is 1.00 bits per heavy atom. The Labute approximate surface area is 207 Å². The summed E-state index contributed by atoms with van der Waals surface area (Å²) in [7, 11) is 0. The first-order valence-corrected chi connectivity index (χ1v) is 11.7. The van der Waals surface area contributed by atoms with Gasteiger partial charge in [0.1, 0.15) is 17.4 Å². The van der Waals surface area contributed by atoms with Crippen LogP contribution in [0.3, 0.4) is 0 Å². The third kappa shape index (κ3) is 5.02. The van der Waals surface area contributed by atoms with E-state index in [4.69, 9.17) is 9.47 Å². The van der Waals surface area contributed by atoms with E-state index in [0.29, 0.717) is 26.2 Å². The van der Waals surface area contributed by atoms with Crippen LogP contribution in [0.1, 0.15) is 54.3 Å². The fourth-order valence-electron chi connectivity index (χ4n) is 4.30. The van der Waals surface area contributed by atoms with E-state index >= 15 is 0 Å². The molecule has 1 atom stereocenters. The second-order valence-corrected chi connectivity index (χ2v) is 9.76.